The van der Waals surface area contributed by atoms with E-state index in [1.165, 1.54) is 34.6 Å². The SMILES string of the molecule is CC1CC(C)CC(S(=O)(=O)c2ccc3c(c2)/C(=N/O)c2cc(S(=O)(=O)N4CC(C)CC(C)C4)ccc2/C3=N/O)C1. The smallest absolute Gasteiger partial charge is 0.243 e. The van der Waals surface area contributed by atoms with Gasteiger partial charge in [-0.15, -0.1) is 0 Å². The monoisotopic (exact) mass is 587 g/mol. The summed E-state index contributed by atoms with van der Waals surface area (Å²) >= 11 is 0. The lowest BCUT2D eigenvalue weighted by molar-refractivity contribution is 0.222. The second kappa shape index (κ2) is 10.6. The molecule has 0 spiro atoms. The van der Waals surface area contributed by atoms with E-state index in [0.29, 0.717) is 48.9 Å². The van der Waals surface area contributed by atoms with Gasteiger partial charge in [-0.3, -0.25) is 0 Å². The van der Waals surface area contributed by atoms with Gasteiger partial charge in [-0.05, 0) is 73.6 Å². The van der Waals surface area contributed by atoms with Crippen LogP contribution in [0.5, 0.6) is 0 Å². The highest BCUT2D eigenvalue weighted by atomic mass is 32.2. The second-order valence-electron chi connectivity index (χ2n) is 12.2. The van der Waals surface area contributed by atoms with Crippen LogP contribution in [0, 0.1) is 23.7 Å². The van der Waals surface area contributed by atoms with Crippen molar-refractivity contribution in [2.45, 2.75) is 68.4 Å². The summed E-state index contributed by atoms with van der Waals surface area (Å²) in [4.78, 5) is 0.128. The number of fused-ring (bicyclic) bond motifs is 2. The van der Waals surface area contributed by atoms with E-state index >= 15 is 0 Å². The molecule has 0 radical (unpaired) electrons. The Bertz CT molecular complexity index is 1470. The molecule has 2 aromatic carbocycles. The predicted octanol–water partition coefficient (Wildman–Crippen LogP) is 4.72. The largest absolute Gasteiger partial charge is 0.410 e. The average molecular weight is 588 g/mol. The Morgan fingerprint density at radius 3 is 1.62 bits per heavy atom. The van der Waals surface area contributed by atoms with Crippen molar-refractivity contribution in [1.29, 1.82) is 0 Å². The van der Waals surface area contributed by atoms with Crippen molar-refractivity contribution >= 4 is 31.3 Å². The van der Waals surface area contributed by atoms with Crippen LogP contribution in [0.3, 0.4) is 0 Å². The third-order valence-corrected chi connectivity index (χ3v) is 12.6. The first kappa shape index (κ1) is 28.8. The highest BCUT2D eigenvalue weighted by Crippen LogP contribution is 2.38. The van der Waals surface area contributed by atoms with Gasteiger partial charge in [-0.1, -0.05) is 50.1 Å². The molecule has 216 valence electrons. The van der Waals surface area contributed by atoms with Crippen LogP contribution in [-0.4, -0.2) is 61.3 Å². The lowest BCUT2D eigenvalue weighted by Gasteiger charge is -2.34. The molecule has 2 aromatic rings. The summed E-state index contributed by atoms with van der Waals surface area (Å²) < 4.78 is 56.2. The van der Waals surface area contributed by atoms with Gasteiger partial charge in [0.1, 0.15) is 11.4 Å². The van der Waals surface area contributed by atoms with E-state index in [4.69, 9.17) is 0 Å². The fourth-order valence-corrected chi connectivity index (χ4v) is 10.8. The first-order chi connectivity index (χ1) is 18.9. The molecule has 2 N–H and O–H groups in total. The van der Waals surface area contributed by atoms with Gasteiger partial charge >= 0.3 is 0 Å². The fraction of sp³-hybridized carbons (Fsp3) is 0.517. The van der Waals surface area contributed by atoms with Gasteiger partial charge in [0.2, 0.25) is 10.0 Å². The number of nitrogens with zero attached hydrogens (tertiary/aromatic N) is 3. The summed E-state index contributed by atoms with van der Waals surface area (Å²) in [6, 6.07) is 8.94. The molecule has 2 aliphatic carbocycles. The van der Waals surface area contributed by atoms with Gasteiger partial charge in [0.25, 0.3) is 0 Å². The minimum atomic E-state index is -3.85. The van der Waals surface area contributed by atoms with Crippen LogP contribution in [0.15, 0.2) is 56.5 Å². The quantitative estimate of drug-likeness (QED) is 0.335. The van der Waals surface area contributed by atoms with Crippen molar-refractivity contribution < 1.29 is 27.3 Å². The summed E-state index contributed by atoms with van der Waals surface area (Å²) in [5.74, 6) is 1.03. The lowest BCUT2D eigenvalue weighted by Crippen LogP contribution is -2.42. The Balaban J connectivity index is 1.58. The first-order valence-corrected chi connectivity index (χ1v) is 16.8. The van der Waals surface area contributed by atoms with E-state index < -0.39 is 25.1 Å². The van der Waals surface area contributed by atoms with Gasteiger partial charge in [-0.2, -0.15) is 4.31 Å². The number of hydrogen-bond acceptors (Lipinski definition) is 8. The minimum Gasteiger partial charge on any atom is -0.410 e. The molecule has 1 aliphatic heterocycles. The van der Waals surface area contributed by atoms with Crippen LogP contribution in [-0.2, 0) is 19.9 Å². The van der Waals surface area contributed by atoms with Crippen LogP contribution in [0.2, 0.25) is 0 Å². The molecule has 11 heteroatoms. The predicted molar refractivity (Wildman–Crippen MR) is 153 cm³/mol. The maximum Gasteiger partial charge on any atom is 0.243 e. The number of sulfonamides is 1. The molecule has 9 nitrogen and oxygen atoms in total. The molecule has 40 heavy (non-hydrogen) atoms. The van der Waals surface area contributed by atoms with Gasteiger partial charge in [0.05, 0.1) is 15.0 Å². The molecule has 1 saturated carbocycles. The number of piperidine rings is 1. The Hall–Kier alpha value is -2.76. The number of sulfone groups is 1. The Kier molecular flexibility index (Phi) is 7.60. The number of benzene rings is 2. The Morgan fingerprint density at radius 1 is 0.650 bits per heavy atom. The van der Waals surface area contributed by atoms with E-state index in [9.17, 15) is 27.3 Å². The standard InChI is InChI=1S/C29H37N3O6S2/c1-17-9-18(2)12-23(11-17)39(35,36)21-5-7-24-26(13-21)29(31-34)27-14-22(6-8-25(27)28(24)30-33)40(37,38)32-15-19(3)10-20(4)16-32/h5-8,13-14,17-20,23,33-34H,9-12,15-16H2,1-4H3/b30-28+,31-29-. The van der Waals surface area contributed by atoms with Gasteiger partial charge in [0.15, 0.2) is 9.84 Å². The Morgan fingerprint density at radius 2 is 1.10 bits per heavy atom. The fourth-order valence-electron chi connectivity index (χ4n) is 6.96. The van der Waals surface area contributed by atoms with Crippen molar-refractivity contribution in [3.05, 3.63) is 58.7 Å². The van der Waals surface area contributed by atoms with Gasteiger partial charge in [-0.25, -0.2) is 16.8 Å². The lowest BCUT2D eigenvalue weighted by atomic mass is 9.83. The normalized spacial score (nSPS) is 29.8. The van der Waals surface area contributed by atoms with Crippen molar-refractivity contribution in [2.75, 3.05) is 13.1 Å². The number of oxime groups is 2. The van der Waals surface area contributed by atoms with Crippen molar-refractivity contribution in [2.24, 2.45) is 34.0 Å². The average Bonchev–Trinajstić information content (AvgIpc) is 2.89. The second-order valence-corrected chi connectivity index (χ2v) is 16.3. The zero-order valence-corrected chi connectivity index (χ0v) is 24.9. The van der Waals surface area contributed by atoms with Gasteiger partial charge in [0, 0.05) is 35.3 Å². The van der Waals surface area contributed by atoms with E-state index in [1.54, 1.807) is 6.07 Å². The highest BCUT2D eigenvalue weighted by Gasteiger charge is 2.37. The molecule has 0 amide bonds. The minimum absolute atomic E-state index is 0.0252. The summed E-state index contributed by atoms with van der Waals surface area (Å²) in [6.45, 7) is 9.02. The number of rotatable bonds is 4. The Labute approximate surface area is 236 Å². The van der Waals surface area contributed by atoms with E-state index in [2.05, 4.69) is 24.2 Å². The van der Waals surface area contributed by atoms with Crippen LogP contribution in [0.25, 0.3) is 0 Å². The summed E-state index contributed by atoms with van der Waals surface area (Å²) in [5, 5.41) is 26.6. The molecule has 0 bridgehead atoms. The zero-order valence-electron chi connectivity index (χ0n) is 23.3. The maximum atomic E-state index is 13.7. The van der Waals surface area contributed by atoms with Crippen LogP contribution >= 0.6 is 0 Å². The maximum absolute atomic E-state index is 13.7. The highest BCUT2D eigenvalue weighted by molar-refractivity contribution is 7.92. The summed E-state index contributed by atoms with van der Waals surface area (Å²) in [5.41, 5.74) is 1.45. The summed E-state index contributed by atoms with van der Waals surface area (Å²) in [7, 11) is -7.55. The molecule has 1 heterocycles. The molecular weight excluding hydrogens is 550 g/mol. The summed E-state index contributed by atoms with van der Waals surface area (Å²) in [6.07, 6.45) is 3.09. The molecule has 4 atom stereocenters. The van der Waals surface area contributed by atoms with E-state index in [0.717, 1.165) is 12.8 Å². The number of hydrogen-bond donors (Lipinski definition) is 2. The van der Waals surface area contributed by atoms with Crippen molar-refractivity contribution in [1.82, 2.24) is 4.31 Å². The molecule has 3 aliphatic rings. The molecule has 0 aromatic heterocycles. The van der Waals surface area contributed by atoms with Crippen LogP contribution in [0.4, 0.5) is 0 Å². The molecule has 4 unspecified atom stereocenters. The topological polar surface area (TPSA) is 137 Å². The van der Waals surface area contributed by atoms with Crippen LogP contribution < -0.4 is 0 Å². The molecule has 5 rings (SSSR count). The van der Waals surface area contributed by atoms with Crippen molar-refractivity contribution in [3.8, 4) is 0 Å². The third-order valence-electron chi connectivity index (χ3n) is 8.58. The molecule has 1 saturated heterocycles. The zero-order chi connectivity index (χ0) is 29.0. The first-order valence-electron chi connectivity index (χ1n) is 13.8. The van der Waals surface area contributed by atoms with E-state index in [1.807, 2.05) is 13.8 Å². The van der Waals surface area contributed by atoms with Gasteiger partial charge < -0.3 is 10.4 Å². The molecular formula is C29H37N3O6S2. The van der Waals surface area contributed by atoms with E-state index in [-0.39, 0.29) is 44.2 Å². The van der Waals surface area contributed by atoms with Crippen molar-refractivity contribution in [3.63, 3.8) is 0 Å². The van der Waals surface area contributed by atoms with Crippen LogP contribution in [0.1, 0.15) is 75.6 Å². The molecule has 2 fully saturated rings. The third kappa shape index (κ3) is 4.96.